The van der Waals surface area contributed by atoms with Crippen molar-refractivity contribution >= 4 is 10.0 Å². The zero-order chi connectivity index (χ0) is 16.6. The van der Waals surface area contributed by atoms with Crippen LogP contribution in [0, 0.1) is 19.3 Å². The van der Waals surface area contributed by atoms with Gasteiger partial charge >= 0.3 is 0 Å². The first kappa shape index (κ1) is 18.1. The standard InChI is InChI=1S/C16H28N2O2S/c1-11-8-14(10-17)9-15(12(11)2)21(19,20)18(7)13(3)16(4,5)6/h8-9,13H,10,17H2,1-7H3. The summed E-state index contributed by atoms with van der Waals surface area (Å²) in [6.07, 6.45) is 0. The highest BCUT2D eigenvalue weighted by Gasteiger charge is 2.33. The van der Waals surface area contributed by atoms with Gasteiger partial charge in [-0.15, -0.1) is 0 Å². The van der Waals surface area contributed by atoms with Gasteiger partial charge in [0.2, 0.25) is 10.0 Å². The largest absolute Gasteiger partial charge is 0.326 e. The molecule has 0 aliphatic carbocycles. The van der Waals surface area contributed by atoms with E-state index in [1.165, 1.54) is 4.31 Å². The van der Waals surface area contributed by atoms with E-state index in [9.17, 15) is 8.42 Å². The Bertz CT molecular complexity index is 616. The van der Waals surface area contributed by atoms with Crippen molar-refractivity contribution in [2.75, 3.05) is 7.05 Å². The van der Waals surface area contributed by atoms with Gasteiger partial charge in [0.25, 0.3) is 0 Å². The van der Waals surface area contributed by atoms with E-state index in [-0.39, 0.29) is 11.5 Å². The minimum Gasteiger partial charge on any atom is -0.326 e. The summed E-state index contributed by atoms with van der Waals surface area (Å²) in [5.74, 6) is 0. The molecule has 0 amide bonds. The Balaban J connectivity index is 3.41. The lowest BCUT2D eigenvalue weighted by atomic mass is 9.88. The summed E-state index contributed by atoms with van der Waals surface area (Å²) in [5.41, 5.74) is 8.13. The summed E-state index contributed by atoms with van der Waals surface area (Å²) in [4.78, 5) is 0.363. The quantitative estimate of drug-likeness (QED) is 0.930. The van der Waals surface area contributed by atoms with E-state index >= 15 is 0 Å². The fourth-order valence-corrected chi connectivity index (χ4v) is 4.08. The van der Waals surface area contributed by atoms with Crippen molar-refractivity contribution in [1.82, 2.24) is 4.31 Å². The van der Waals surface area contributed by atoms with E-state index in [1.807, 2.05) is 47.6 Å². The SMILES string of the molecule is Cc1cc(CN)cc(S(=O)(=O)N(C)C(C)C(C)(C)C)c1C. The van der Waals surface area contributed by atoms with Crippen molar-refractivity contribution in [2.24, 2.45) is 11.1 Å². The zero-order valence-electron chi connectivity index (χ0n) is 14.2. The van der Waals surface area contributed by atoms with Crippen LogP contribution >= 0.6 is 0 Å². The number of nitrogens with zero attached hydrogens (tertiary/aromatic N) is 1. The third-order valence-electron chi connectivity index (χ3n) is 4.37. The molecule has 1 unspecified atom stereocenters. The number of benzene rings is 1. The molecule has 0 spiro atoms. The molecule has 0 bridgehead atoms. The summed E-state index contributed by atoms with van der Waals surface area (Å²) in [7, 11) is -1.88. The minimum atomic E-state index is -3.53. The maximum atomic E-state index is 12.9. The number of aryl methyl sites for hydroxylation is 1. The van der Waals surface area contributed by atoms with Gasteiger partial charge in [-0.05, 0) is 48.9 Å². The van der Waals surface area contributed by atoms with E-state index in [0.717, 1.165) is 16.7 Å². The Morgan fingerprint density at radius 2 is 1.76 bits per heavy atom. The van der Waals surface area contributed by atoms with Crippen LogP contribution in [0.25, 0.3) is 0 Å². The molecular formula is C16H28N2O2S. The summed E-state index contributed by atoms with van der Waals surface area (Å²) in [6, 6.07) is 3.54. The van der Waals surface area contributed by atoms with Crippen molar-refractivity contribution < 1.29 is 8.42 Å². The van der Waals surface area contributed by atoms with Crippen LogP contribution in [0.1, 0.15) is 44.4 Å². The maximum absolute atomic E-state index is 12.9. The Kier molecular flexibility index (Phi) is 5.24. The molecular weight excluding hydrogens is 284 g/mol. The molecule has 4 nitrogen and oxygen atoms in total. The van der Waals surface area contributed by atoms with Gasteiger partial charge < -0.3 is 5.73 Å². The summed E-state index contributed by atoms with van der Waals surface area (Å²) >= 11 is 0. The highest BCUT2D eigenvalue weighted by Crippen LogP contribution is 2.30. The maximum Gasteiger partial charge on any atom is 0.243 e. The lowest BCUT2D eigenvalue weighted by Gasteiger charge is -2.35. The van der Waals surface area contributed by atoms with E-state index in [1.54, 1.807) is 13.1 Å². The van der Waals surface area contributed by atoms with E-state index in [4.69, 9.17) is 5.73 Å². The molecule has 1 aromatic rings. The van der Waals surface area contributed by atoms with Crippen LogP contribution in [-0.2, 0) is 16.6 Å². The van der Waals surface area contributed by atoms with Gasteiger partial charge in [0, 0.05) is 19.6 Å². The van der Waals surface area contributed by atoms with Gasteiger partial charge in [0.1, 0.15) is 0 Å². The molecule has 0 heterocycles. The summed E-state index contributed by atoms with van der Waals surface area (Å²) < 4.78 is 27.4. The van der Waals surface area contributed by atoms with Crippen molar-refractivity contribution in [3.8, 4) is 0 Å². The Morgan fingerprint density at radius 1 is 1.24 bits per heavy atom. The van der Waals surface area contributed by atoms with Crippen LogP contribution in [-0.4, -0.2) is 25.8 Å². The number of nitrogens with two attached hydrogens (primary N) is 1. The highest BCUT2D eigenvalue weighted by atomic mass is 32.2. The molecule has 0 fully saturated rings. The molecule has 0 saturated carbocycles. The van der Waals surface area contributed by atoms with Crippen LogP contribution in [0.4, 0.5) is 0 Å². The number of hydrogen-bond donors (Lipinski definition) is 1. The van der Waals surface area contributed by atoms with Gasteiger partial charge in [-0.3, -0.25) is 0 Å². The van der Waals surface area contributed by atoms with Gasteiger partial charge in [-0.1, -0.05) is 26.8 Å². The first-order chi connectivity index (χ1) is 9.42. The molecule has 0 aromatic heterocycles. The fourth-order valence-electron chi connectivity index (χ4n) is 2.19. The normalized spacial score (nSPS) is 14.5. The van der Waals surface area contributed by atoms with Gasteiger partial charge in [0.15, 0.2) is 0 Å². The monoisotopic (exact) mass is 312 g/mol. The molecule has 1 rings (SSSR count). The summed E-state index contributed by atoms with van der Waals surface area (Å²) in [5, 5.41) is 0. The predicted molar refractivity (Wildman–Crippen MR) is 87.7 cm³/mol. The smallest absolute Gasteiger partial charge is 0.243 e. The summed E-state index contributed by atoms with van der Waals surface area (Å²) in [6.45, 7) is 12.2. The lowest BCUT2D eigenvalue weighted by molar-refractivity contribution is 0.216. The average molecular weight is 312 g/mol. The topological polar surface area (TPSA) is 63.4 Å². The molecule has 1 aromatic carbocycles. The molecule has 120 valence electrons. The third-order valence-corrected chi connectivity index (χ3v) is 6.43. The number of rotatable bonds is 4. The average Bonchev–Trinajstić information content (AvgIpc) is 2.38. The lowest BCUT2D eigenvalue weighted by Crippen LogP contribution is -2.43. The van der Waals surface area contributed by atoms with E-state index in [0.29, 0.717) is 11.4 Å². The first-order valence-corrected chi connectivity index (χ1v) is 8.65. The van der Waals surface area contributed by atoms with Gasteiger partial charge in [-0.2, -0.15) is 4.31 Å². The number of sulfonamides is 1. The second-order valence-corrected chi connectivity index (χ2v) is 8.77. The van der Waals surface area contributed by atoms with Crippen LogP contribution < -0.4 is 5.73 Å². The van der Waals surface area contributed by atoms with Crippen molar-refractivity contribution in [3.63, 3.8) is 0 Å². The molecule has 0 radical (unpaired) electrons. The van der Waals surface area contributed by atoms with E-state index in [2.05, 4.69) is 0 Å². The third kappa shape index (κ3) is 3.65. The van der Waals surface area contributed by atoms with Gasteiger partial charge in [-0.25, -0.2) is 8.42 Å². The fraction of sp³-hybridized carbons (Fsp3) is 0.625. The highest BCUT2D eigenvalue weighted by molar-refractivity contribution is 7.89. The van der Waals surface area contributed by atoms with Gasteiger partial charge in [0.05, 0.1) is 4.90 Å². The molecule has 2 N–H and O–H groups in total. The molecule has 1 atom stereocenters. The Hall–Kier alpha value is -0.910. The van der Waals surface area contributed by atoms with Crippen LogP contribution in [0.2, 0.25) is 0 Å². The molecule has 0 aliphatic rings. The van der Waals surface area contributed by atoms with Crippen molar-refractivity contribution in [3.05, 3.63) is 28.8 Å². The second-order valence-electron chi connectivity index (χ2n) is 6.80. The second kappa shape index (κ2) is 6.07. The Morgan fingerprint density at radius 3 is 2.19 bits per heavy atom. The predicted octanol–water partition coefficient (Wildman–Crippen LogP) is 2.82. The molecule has 0 saturated heterocycles. The van der Waals surface area contributed by atoms with E-state index < -0.39 is 10.0 Å². The van der Waals surface area contributed by atoms with Crippen LogP contribution in [0.3, 0.4) is 0 Å². The van der Waals surface area contributed by atoms with Crippen molar-refractivity contribution in [1.29, 1.82) is 0 Å². The van der Waals surface area contributed by atoms with Crippen LogP contribution in [0.15, 0.2) is 17.0 Å². The zero-order valence-corrected chi connectivity index (χ0v) is 15.0. The first-order valence-electron chi connectivity index (χ1n) is 7.21. The van der Waals surface area contributed by atoms with Crippen LogP contribution in [0.5, 0.6) is 0 Å². The minimum absolute atomic E-state index is 0.108. The number of hydrogen-bond acceptors (Lipinski definition) is 3. The Labute approximate surface area is 129 Å². The molecule has 21 heavy (non-hydrogen) atoms. The molecule has 0 aliphatic heterocycles. The molecule has 5 heteroatoms. The van der Waals surface area contributed by atoms with Crippen molar-refractivity contribution in [2.45, 2.75) is 59.0 Å².